The largest absolute Gasteiger partial charge is 0.464 e. The molecule has 0 aliphatic carbocycles. The Kier molecular flexibility index (Phi) is 4.17. The number of fused-ring (bicyclic) bond motifs is 1. The summed E-state index contributed by atoms with van der Waals surface area (Å²) in [5.74, 6) is 0. The van der Waals surface area contributed by atoms with Crippen LogP contribution in [-0.2, 0) is 6.54 Å². The molecular formula is C21H19N3O. The molecule has 0 atom stereocenters. The molecular weight excluding hydrogens is 310 g/mol. The second-order valence-electron chi connectivity index (χ2n) is 5.86. The highest BCUT2D eigenvalue weighted by Gasteiger charge is 2.11. The van der Waals surface area contributed by atoms with Gasteiger partial charge in [0.05, 0.1) is 6.61 Å². The maximum atomic E-state index is 5.34. The zero-order valence-electron chi connectivity index (χ0n) is 14.1. The summed E-state index contributed by atoms with van der Waals surface area (Å²) in [4.78, 5) is 8.60. The van der Waals surface area contributed by atoms with Gasteiger partial charge in [-0.1, -0.05) is 48.5 Å². The van der Waals surface area contributed by atoms with Crippen molar-refractivity contribution >= 4 is 10.9 Å². The van der Waals surface area contributed by atoms with Gasteiger partial charge < -0.3 is 9.30 Å². The van der Waals surface area contributed by atoms with Gasteiger partial charge >= 0.3 is 6.01 Å². The SMILES string of the molecule is CCOc1ncc(-c2cn(Cc3ccccc3)c3ccccc23)cn1. The first kappa shape index (κ1) is 15.4. The number of ether oxygens (including phenoxy) is 1. The van der Waals surface area contributed by atoms with Crippen LogP contribution in [0.5, 0.6) is 6.01 Å². The summed E-state index contributed by atoms with van der Waals surface area (Å²) in [5, 5.41) is 1.20. The van der Waals surface area contributed by atoms with Crippen LogP contribution >= 0.6 is 0 Å². The molecule has 0 N–H and O–H groups in total. The van der Waals surface area contributed by atoms with Crippen molar-refractivity contribution in [2.75, 3.05) is 6.61 Å². The van der Waals surface area contributed by atoms with Gasteiger partial charge in [-0.15, -0.1) is 0 Å². The highest BCUT2D eigenvalue weighted by molar-refractivity contribution is 5.95. The Bertz CT molecular complexity index is 975. The highest BCUT2D eigenvalue weighted by Crippen LogP contribution is 2.30. The van der Waals surface area contributed by atoms with Gasteiger partial charge in [0.25, 0.3) is 0 Å². The lowest BCUT2D eigenvalue weighted by atomic mass is 10.1. The Morgan fingerprint density at radius 1 is 0.920 bits per heavy atom. The molecule has 124 valence electrons. The first-order valence-electron chi connectivity index (χ1n) is 8.42. The van der Waals surface area contributed by atoms with E-state index in [0.29, 0.717) is 12.6 Å². The summed E-state index contributed by atoms with van der Waals surface area (Å²) in [6.07, 6.45) is 5.83. The average Bonchev–Trinajstić information content (AvgIpc) is 3.02. The molecule has 0 bridgehead atoms. The van der Waals surface area contributed by atoms with Gasteiger partial charge in [-0.05, 0) is 18.6 Å². The lowest BCUT2D eigenvalue weighted by Crippen LogP contribution is -1.97. The normalized spacial score (nSPS) is 10.9. The van der Waals surface area contributed by atoms with Crippen molar-refractivity contribution in [3.63, 3.8) is 0 Å². The van der Waals surface area contributed by atoms with E-state index in [1.54, 1.807) is 0 Å². The van der Waals surface area contributed by atoms with Crippen LogP contribution in [0.2, 0.25) is 0 Å². The molecule has 2 aromatic heterocycles. The monoisotopic (exact) mass is 329 g/mol. The summed E-state index contributed by atoms with van der Waals surface area (Å²) >= 11 is 0. The molecule has 25 heavy (non-hydrogen) atoms. The van der Waals surface area contributed by atoms with E-state index in [0.717, 1.165) is 17.7 Å². The first-order chi connectivity index (χ1) is 12.3. The van der Waals surface area contributed by atoms with Gasteiger partial charge in [0.1, 0.15) is 0 Å². The van der Waals surface area contributed by atoms with E-state index in [4.69, 9.17) is 4.74 Å². The van der Waals surface area contributed by atoms with Crippen LogP contribution in [0.15, 0.2) is 73.2 Å². The Hall–Kier alpha value is -3.14. The molecule has 0 aliphatic heterocycles. The van der Waals surface area contributed by atoms with Gasteiger partial charge in [-0.2, -0.15) is 0 Å². The van der Waals surface area contributed by atoms with Crippen LogP contribution in [0.4, 0.5) is 0 Å². The average molecular weight is 329 g/mol. The summed E-state index contributed by atoms with van der Waals surface area (Å²) < 4.78 is 7.62. The van der Waals surface area contributed by atoms with Crippen LogP contribution in [0, 0.1) is 0 Å². The van der Waals surface area contributed by atoms with Crippen LogP contribution in [-0.4, -0.2) is 21.1 Å². The number of nitrogens with zero attached hydrogens (tertiary/aromatic N) is 3. The van der Waals surface area contributed by atoms with Gasteiger partial charge in [0, 0.05) is 47.2 Å². The minimum Gasteiger partial charge on any atom is -0.464 e. The van der Waals surface area contributed by atoms with Crippen molar-refractivity contribution < 1.29 is 4.74 Å². The third-order valence-corrected chi connectivity index (χ3v) is 4.20. The third-order valence-electron chi connectivity index (χ3n) is 4.20. The van der Waals surface area contributed by atoms with E-state index in [1.807, 2.05) is 25.4 Å². The fourth-order valence-corrected chi connectivity index (χ4v) is 3.05. The predicted molar refractivity (Wildman–Crippen MR) is 99.7 cm³/mol. The number of hydrogen-bond donors (Lipinski definition) is 0. The molecule has 4 rings (SSSR count). The van der Waals surface area contributed by atoms with Crippen molar-refractivity contribution in [3.8, 4) is 17.1 Å². The Balaban J connectivity index is 1.76. The molecule has 4 heteroatoms. The minimum absolute atomic E-state index is 0.416. The molecule has 0 saturated heterocycles. The number of hydrogen-bond acceptors (Lipinski definition) is 3. The Morgan fingerprint density at radius 2 is 1.64 bits per heavy atom. The summed E-state index contributed by atoms with van der Waals surface area (Å²) in [6.45, 7) is 3.32. The molecule has 2 aromatic carbocycles. The van der Waals surface area contributed by atoms with Gasteiger partial charge in [-0.3, -0.25) is 0 Å². The molecule has 2 heterocycles. The lowest BCUT2D eigenvalue weighted by molar-refractivity contribution is 0.312. The van der Waals surface area contributed by atoms with Crippen LogP contribution in [0.25, 0.3) is 22.0 Å². The number of rotatable bonds is 5. The number of aromatic nitrogens is 3. The van der Waals surface area contributed by atoms with Crippen molar-refractivity contribution in [3.05, 3.63) is 78.8 Å². The van der Waals surface area contributed by atoms with Crippen molar-refractivity contribution in [2.45, 2.75) is 13.5 Å². The second-order valence-corrected chi connectivity index (χ2v) is 5.86. The van der Waals surface area contributed by atoms with E-state index in [1.165, 1.54) is 16.5 Å². The van der Waals surface area contributed by atoms with Crippen LogP contribution < -0.4 is 4.74 Å². The van der Waals surface area contributed by atoms with Gasteiger partial charge in [-0.25, -0.2) is 9.97 Å². The molecule has 0 fully saturated rings. The topological polar surface area (TPSA) is 39.9 Å². The molecule has 4 nitrogen and oxygen atoms in total. The summed E-state index contributed by atoms with van der Waals surface area (Å²) in [6, 6.07) is 19.3. The zero-order valence-corrected chi connectivity index (χ0v) is 14.1. The highest BCUT2D eigenvalue weighted by atomic mass is 16.5. The standard InChI is InChI=1S/C21H19N3O/c1-2-25-21-22-12-17(13-23-21)19-15-24(14-16-8-4-3-5-9-16)20-11-7-6-10-18(19)20/h3-13,15H,2,14H2,1H3. The zero-order chi connectivity index (χ0) is 17.1. The molecule has 0 radical (unpaired) electrons. The molecule has 0 saturated carbocycles. The molecule has 0 spiro atoms. The van der Waals surface area contributed by atoms with E-state index in [-0.39, 0.29) is 0 Å². The molecule has 0 aliphatic rings. The first-order valence-corrected chi connectivity index (χ1v) is 8.42. The van der Waals surface area contributed by atoms with Crippen molar-refractivity contribution in [1.29, 1.82) is 0 Å². The van der Waals surface area contributed by atoms with Crippen molar-refractivity contribution in [1.82, 2.24) is 14.5 Å². The Labute approximate surface area is 146 Å². The number of para-hydroxylation sites is 1. The maximum absolute atomic E-state index is 5.34. The maximum Gasteiger partial charge on any atom is 0.316 e. The molecule has 0 unspecified atom stereocenters. The van der Waals surface area contributed by atoms with Crippen LogP contribution in [0.3, 0.4) is 0 Å². The summed E-state index contributed by atoms with van der Waals surface area (Å²) in [5.41, 5.74) is 4.61. The van der Waals surface area contributed by atoms with E-state index in [2.05, 4.69) is 69.3 Å². The predicted octanol–water partition coefficient (Wildman–Crippen LogP) is 4.55. The van der Waals surface area contributed by atoms with Gasteiger partial charge in [0.15, 0.2) is 0 Å². The fraction of sp³-hybridized carbons (Fsp3) is 0.143. The minimum atomic E-state index is 0.416. The molecule has 4 aromatic rings. The third kappa shape index (κ3) is 3.11. The Morgan fingerprint density at radius 3 is 2.40 bits per heavy atom. The van der Waals surface area contributed by atoms with Crippen molar-refractivity contribution in [2.24, 2.45) is 0 Å². The van der Waals surface area contributed by atoms with E-state index >= 15 is 0 Å². The number of benzene rings is 2. The van der Waals surface area contributed by atoms with E-state index < -0.39 is 0 Å². The second kappa shape index (κ2) is 6.77. The quantitative estimate of drug-likeness (QED) is 0.539. The fourth-order valence-electron chi connectivity index (χ4n) is 3.05. The summed E-state index contributed by atoms with van der Waals surface area (Å²) in [7, 11) is 0. The van der Waals surface area contributed by atoms with Crippen LogP contribution in [0.1, 0.15) is 12.5 Å². The lowest BCUT2D eigenvalue weighted by Gasteiger charge is -2.05. The smallest absolute Gasteiger partial charge is 0.316 e. The molecule has 0 amide bonds. The van der Waals surface area contributed by atoms with Gasteiger partial charge in [0.2, 0.25) is 0 Å². The van der Waals surface area contributed by atoms with E-state index in [9.17, 15) is 0 Å².